The van der Waals surface area contributed by atoms with E-state index in [1.165, 1.54) is 12.8 Å². The normalized spacial score (nSPS) is 25.9. The van der Waals surface area contributed by atoms with Crippen LogP contribution in [0.5, 0.6) is 0 Å². The molecule has 1 N–H and O–H groups in total. The molecule has 1 atom stereocenters. The van der Waals surface area contributed by atoms with Gasteiger partial charge in [0.15, 0.2) is 0 Å². The molecule has 1 aliphatic heterocycles. The average Bonchev–Trinajstić information content (AvgIpc) is 2.07. The van der Waals surface area contributed by atoms with Crippen LogP contribution in [0, 0.1) is 0 Å². The van der Waals surface area contributed by atoms with E-state index in [0.29, 0.717) is 6.04 Å². The third-order valence-electron chi connectivity index (χ3n) is 2.12. The fourth-order valence-electron chi connectivity index (χ4n) is 1.45. The van der Waals surface area contributed by atoms with Crippen molar-refractivity contribution >= 4 is 0 Å². The van der Waals surface area contributed by atoms with E-state index >= 15 is 0 Å². The summed E-state index contributed by atoms with van der Waals surface area (Å²) < 4.78 is 0. The van der Waals surface area contributed by atoms with E-state index in [1.54, 1.807) is 0 Å². The zero-order chi connectivity index (χ0) is 8.10. The van der Waals surface area contributed by atoms with Gasteiger partial charge in [0.2, 0.25) is 0 Å². The van der Waals surface area contributed by atoms with Crippen LogP contribution in [0.2, 0.25) is 0 Å². The molecular formula is C8H18N2O. The Kier molecular flexibility index (Phi) is 3.83. The van der Waals surface area contributed by atoms with Crippen LogP contribution in [-0.2, 0) is 4.84 Å². The van der Waals surface area contributed by atoms with Gasteiger partial charge in [-0.05, 0) is 26.3 Å². The maximum atomic E-state index is 5.37. The third-order valence-corrected chi connectivity index (χ3v) is 2.12. The Morgan fingerprint density at radius 3 is 3.00 bits per heavy atom. The summed E-state index contributed by atoms with van der Waals surface area (Å²) in [6.45, 7) is 5.02. The molecule has 0 aliphatic carbocycles. The van der Waals surface area contributed by atoms with Gasteiger partial charge in [0, 0.05) is 19.6 Å². The molecule has 1 aliphatic rings. The molecule has 0 amide bonds. The zero-order valence-electron chi connectivity index (χ0n) is 7.47. The molecule has 1 unspecified atom stereocenters. The summed E-state index contributed by atoms with van der Waals surface area (Å²) in [6, 6.07) is 0.573. The summed E-state index contributed by atoms with van der Waals surface area (Å²) in [7, 11) is 2.02. The second kappa shape index (κ2) is 4.70. The van der Waals surface area contributed by atoms with Gasteiger partial charge in [-0.25, -0.2) is 0 Å². The number of nitrogens with zero attached hydrogens (tertiary/aromatic N) is 1. The van der Waals surface area contributed by atoms with E-state index in [4.69, 9.17) is 4.84 Å². The van der Waals surface area contributed by atoms with E-state index < -0.39 is 0 Å². The summed E-state index contributed by atoms with van der Waals surface area (Å²) in [5.41, 5.74) is 0. The van der Waals surface area contributed by atoms with Gasteiger partial charge in [0.25, 0.3) is 0 Å². The first-order chi connectivity index (χ1) is 5.34. The lowest BCUT2D eigenvalue weighted by Crippen LogP contribution is -2.44. The minimum Gasteiger partial charge on any atom is -0.315 e. The maximum Gasteiger partial charge on any atom is 0.0656 e. The summed E-state index contributed by atoms with van der Waals surface area (Å²) in [6.07, 6.45) is 2.52. The van der Waals surface area contributed by atoms with Gasteiger partial charge in [-0.1, -0.05) is 0 Å². The molecule has 0 aromatic rings. The van der Waals surface area contributed by atoms with Gasteiger partial charge in [-0.3, -0.25) is 4.84 Å². The van der Waals surface area contributed by atoms with E-state index in [0.717, 1.165) is 19.7 Å². The maximum absolute atomic E-state index is 5.37. The van der Waals surface area contributed by atoms with Gasteiger partial charge in [0.1, 0.15) is 0 Å². The third kappa shape index (κ3) is 2.77. The van der Waals surface area contributed by atoms with Crippen molar-refractivity contribution in [3.8, 4) is 0 Å². The molecule has 3 heteroatoms. The van der Waals surface area contributed by atoms with Crippen LogP contribution in [0.1, 0.15) is 19.8 Å². The van der Waals surface area contributed by atoms with Crippen LogP contribution in [-0.4, -0.2) is 37.8 Å². The number of likely N-dealkylation sites (N-methyl/N-ethyl adjacent to an activating group) is 1. The molecule has 1 saturated heterocycles. The number of piperidine rings is 1. The summed E-state index contributed by atoms with van der Waals surface area (Å²) in [5, 5.41) is 5.33. The minimum absolute atomic E-state index is 0.573. The van der Waals surface area contributed by atoms with Gasteiger partial charge in [0.05, 0.1) is 6.61 Å². The van der Waals surface area contributed by atoms with Crippen molar-refractivity contribution in [2.45, 2.75) is 25.8 Å². The molecule has 0 aromatic heterocycles. The molecule has 0 radical (unpaired) electrons. The van der Waals surface area contributed by atoms with Crippen LogP contribution in [0.15, 0.2) is 0 Å². The second-order valence-electron chi connectivity index (χ2n) is 2.96. The molecule has 1 rings (SSSR count). The van der Waals surface area contributed by atoms with Gasteiger partial charge in [-0.15, -0.1) is 0 Å². The smallest absolute Gasteiger partial charge is 0.0656 e. The van der Waals surface area contributed by atoms with E-state index in [1.807, 2.05) is 19.0 Å². The Morgan fingerprint density at radius 2 is 2.45 bits per heavy atom. The summed E-state index contributed by atoms with van der Waals surface area (Å²) in [4.78, 5) is 5.37. The molecule has 0 bridgehead atoms. The first-order valence-electron chi connectivity index (χ1n) is 4.41. The first kappa shape index (κ1) is 8.97. The van der Waals surface area contributed by atoms with Crippen LogP contribution < -0.4 is 5.32 Å². The SMILES string of the molecule is CCON(C)C1CCCNC1. The van der Waals surface area contributed by atoms with Crippen LogP contribution in [0.25, 0.3) is 0 Å². The number of hydrogen-bond acceptors (Lipinski definition) is 3. The van der Waals surface area contributed by atoms with Gasteiger partial charge >= 0.3 is 0 Å². The Labute approximate surface area is 68.7 Å². The summed E-state index contributed by atoms with van der Waals surface area (Å²) >= 11 is 0. The number of rotatable bonds is 3. The monoisotopic (exact) mass is 158 g/mol. The van der Waals surface area contributed by atoms with Crippen molar-refractivity contribution in [2.75, 3.05) is 26.7 Å². The fraction of sp³-hybridized carbons (Fsp3) is 1.00. The predicted octanol–water partition coefficient (Wildman–Crippen LogP) is 0.622. The predicted molar refractivity (Wildman–Crippen MR) is 45.3 cm³/mol. The Hall–Kier alpha value is -0.120. The Morgan fingerprint density at radius 1 is 1.64 bits per heavy atom. The van der Waals surface area contributed by atoms with Crippen molar-refractivity contribution in [3.63, 3.8) is 0 Å². The van der Waals surface area contributed by atoms with Crippen LogP contribution >= 0.6 is 0 Å². The quantitative estimate of drug-likeness (QED) is 0.609. The highest BCUT2D eigenvalue weighted by Gasteiger charge is 2.17. The highest BCUT2D eigenvalue weighted by atomic mass is 16.7. The molecule has 1 fully saturated rings. The van der Waals surface area contributed by atoms with Crippen molar-refractivity contribution in [1.82, 2.24) is 10.4 Å². The molecule has 66 valence electrons. The summed E-state index contributed by atoms with van der Waals surface area (Å²) in [5.74, 6) is 0. The van der Waals surface area contributed by atoms with E-state index in [-0.39, 0.29) is 0 Å². The number of hydroxylamine groups is 2. The largest absolute Gasteiger partial charge is 0.315 e. The van der Waals surface area contributed by atoms with Gasteiger partial charge < -0.3 is 5.32 Å². The molecule has 0 spiro atoms. The highest BCUT2D eigenvalue weighted by molar-refractivity contribution is 4.72. The number of hydrogen-bond donors (Lipinski definition) is 1. The van der Waals surface area contributed by atoms with Crippen LogP contribution in [0.3, 0.4) is 0 Å². The van der Waals surface area contributed by atoms with Crippen LogP contribution in [0.4, 0.5) is 0 Å². The molecule has 1 heterocycles. The van der Waals surface area contributed by atoms with Crippen molar-refractivity contribution in [3.05, 3.63) is 0 Å². The second-order valence-corrected chi connectivity index (χ2v) is 2.96. The van der Waals surface area contributed by atoms with Crippen molar-refractivity contribution in [1.29, 1.82) is 0 Å². The topological polar surface area (TPSA) is 24.5 Å². The number of nitrogens with one attached hydrogen (secondary N) is 1. The first-order valence-corrected chi connectivity index (χ1v) is 4.41. The van der Waals surface area contributed by atoms with Crippen molar-refractivity contribution in [2.24, 2.45) is 0 Å². The molecule has 0 aromatic carbocycles. The fourth-order valence-corrected chi connectivity index (χ4v) is 1.45. The minimum atomic E-state index is 0.573. The molecular weight excluding hydrogens is 140 g/mol. The highest BCUT2D eigenvalue weighted by Crippen LogP contribution is 2.07. The lowest BCUT2D eigenvalue weighted by atomic mass is 10.1. The Balaban J connectivity index is 2.21. The molecule has 11 heavy (non-hydrogen) atoms. The van der Waals surface area contributed by atoms with Crippen molar-refractivity contribution < 1.29 is 4.84 Å². The van der Waals surface area contributed by atoms with Gasteiger partial charge in [-0.2, -0.15) is 5.06 Å². The average molecular weight is 158 g/mol. The lowest BCUT2D eigenvalue weighted by molar-refractivity contribution is -0.166. The zero-order valence-corrected chi connectivity index (χ0v) is 7.47. The lowest BCUT2D eigenvalue weighted by Gasteiger charge is -2.30. The van der Waals surface area contributed by atoms with E-state index in [2.05, 4.69) is 5.32 Å². The standard InChI is InChI=1S/C8H18N2O/c1-3-11-10(2)8-5-4-6-9-7-8/h8-9H,3-7H2,1-2H3. The molecule has 3 nitrogen and oxygen atoms in total. The van der Waals surface area contributed by atoms with E-state index in [9.17, 15) is 0 Å². The molecule has 0 saturated carbocycles. The Bertz CT molecular complexity index is 102.